The van der Waals surface area contributed by atoms with E-state index in [1.54, 1.807) is 16.0 Å². The van der Waals surface area contributed by atoms with Crippen molar-refractivity contribution >= 4 is 17.8 Å². The van der Waals surface area contributed by atoms with E-state index in [1.165, 1.54) is 0 Å². The van der Waals surface area contributed by atoms with Gasteiger partial charge in [-0.3, -0.25) is 19.4 Å². The average Bonchev–Trinajstić information content (AvgIpc) is 3.16. The molecule has 0 aromatic carbocycles. The number of nitrogens with zero attached hydrogens (tertiary/aromatic N) is 3. The minimum Gasteiger partial charge on any atom is -0.481 e. The molecule has 2 aliphatic rings. The van der Waals surface area contributed by atoms with Gasteiger partial charge in [-0.2, -0.15) is 0 Å². The molecule has 0 spiro atoms. The summed E-state index contributed by atoms with van der Waals surface area (Å²) in [4.78, 5) is 43.0. The van der Waals surface area contributed by atoms with Crippen molar-refractivity contribution in [1.82, 2.24) is 14.8 Å². The molecule has 1 aromatic heterocycles. The van der Waals surface area contributed by atoms with Gasteiger partial charge in [0, 0.05) is 32.3 Å². The van der Waals surface area contributed by atoms with Crippen LogP contribution in [0, 0.1) is 11.8 Å². The van der Waals surface area contributed by atoms with Gasteiger partial charge in [0.25, 0.3) is 0 Å². The third kappa shape index (κ3) is 3.33. The van der Waals surface area contributed by atoms with Crippen LogP contribution in [0.5, 0.6) is 0 Å². The molecule has 2 amide bonds. The Hall–Kier alpha value is -2.44. The van der Waals surface area contributed by atoms with Crippen LogP contribution in [-0.2, 0) is 20.9 Å². The van der Waals surface area contributed by atoms with Crippen LogP contribution < -0.4 is 0 Å². The second-order valence-corrected chi connectivity index (χ2v) is 6.10. The molecule has 3 heterocycles. The molecular formula is C16H19N3O4. The Morgan fingerprint density at radius 3 is 2.74 bits per heavy atom. The number of aliphatic carboxylic acids is 1. The number of rotatable bonds is 4. The third-order valence-corrected chi connectivity index (χ3v) is 4.49. The van der Waals surface area contributed by atoms with E-state index in [0.29, 0.717) is 26.1 Å². The number of carbonyl (C=O) groups excluding carboxylic acids is 2. The standard InChI is InChI=1S/C16H19N3O4/c20-14-7-12(9-19(14)10-13-3-1-2-5-17-13)15(21)18-6-4-11(8-18)16(22)23/h1-3,5,11-12H,4,6-10H2,(H,22,23)/t11-,12+/m0/s1. The Bertz CT molecular complexity index is 619. The summed E-state index contributed by atoms with van der Waals surface area (Å²) in [7, 11) is 0. The SMILES string of the molecule is O=C(O)[C@H]1CCN(C(=O)[C@@H]2CC(=O)N(Cc3ccccn3)C2)C1. The fourth-order valence-electron chi connectivity index (χ4n) is 3.20. The summed E-state index contributed by atoms with van der Waals surface area (Å²) in [6, 6.07) is 5.52. The summed E-state index contributed by atoms with van der Waals surface area (Å²) >= 11 is 0. The second kappa shape index (κ2) is 6.36. The first kappa shape index (κ1) is 15.5. The van der Waals surface area contributed by atoms with Crippen LogP contribution in [0.25, 0.3) is 0 Å². The fourth-order valence-corrected chi connectivity index (χ4v) is 3.20. The number of hydrogen-bond donors (Lipinski definition) is 1. The van der Waals surface area contributed by atoms with Gasteiger partial charge in [-0.25, -0.2) is 0 Å². The number of hydrogen-bond acceptors (Lipinski definition) is 4. The molecular weight excluding hydrogens is 298 g/mol. The van der Waals surface area contributed by atoms with Gasteiger partial charge in [-0.1, -0.05) is 6.07 Å². The van der Waals surface area contributed by atoms with E-state index in [-0.39, 0.29) is 30.7 Å². The molecule has 122 valence electrons. The molecule has 2 saturated heterocycles. The van der Waals surface area contributed by atoms with Gasteiger partial charge >= 0.3 is 5.97 Å². The molecule has 1 N–H and O–H groups in total. The molecule has 0 unspecified atom stereocenters. The van der Waals surface area contributed by atoms with E-state index in [1.807, 2.05) is 18.2 Å². The molecule has 0 saturated carbocycles. The summed E-state index contributed by atoms with van der Waals surface area (Å²) in [5.74, 6) is -1.88. The van der Waals surface area contributed by atoms with E-state index in [0.717, 1.165) is 5.69 Å². The van der Waals surface area contributed by atoms with E-state index >= 15 is 0 Å². The van der Waals surface area contributed by atoms with Gasteiger partial charge < -0.3 is 14.9 Å². The van der Waals surface area contributed by atoms with Crippen molar-refractivity contribution in [3.63, 3.8) is 0 Å². The molecule has 0 bridgehead atoms. The van der Waals surface area contributed by atoms with Crippen molar-refractivity contribution in [1.29, 1.82) is 0 Å². The Labute approximate surface area is 133 Å². The quantitative estimate of drug-likeness (QED) is 0.866. The Balaban J connectivity index is 1.59. The first-order valence-electron chi connectivity index (χ1n) is 7.74. The number of carbonyl (C=O) groups is 3. The van der Waals surface area contributed by atoms with Crippen molar-refractivity contribution in [2.24, 2.45) is 11.8 Å². The molecule has 2 fully saturated rings. The van der Waals surface area contributed by atoms with E-state index in [4.69, 9.17) is 5.11 Å². The Morgan fingerprint density at radius 1 is 1.26 bits per heavy atom. The monoisotopic (exact) mass is 317 g/mol. The molecule has 0 radical (unpaired) electrons. The summed E-state index contributed by atoms with van der Waals surface area (Å²) in [5.41, 5.74) is 0.793. The molecule has 7 nitrogen and oxygen atoms in total. The lowest BCUT2D eigenvalue weighted by molar-refractivity contribution is -0.141. The minimum absolute atomic E-state index is 0.0528. The van der Waals surface area contributed by atoms with E-state index in [9.17, 15) is 14.4 Å². The second-order valence-electron chi connectivity index (χ2n) is 6.10. The van der Waals surface area contributed by atoms with Gasteiger partial charge in [0.05, 0.1) is 24.1 Å². The van der Waals surface area contributed by atoms with Crippen LogP contribution in [0.3, 0.4) is 0 Å². The molecule has 1 aromatic rings. The topological polar surface area (TPSA) is 90.8 Å². The fraction of sp³-hybridized carbons (Fsp3) is 0.500. The minimum atomic E-state index is -0.862. The Kier molecular flexibility index (Phi) is 4.27. The maximum absolute atomic E-state index is 12.5. The van der Waals surface area contributed by atoms with Crippen molar-refractivity contribution in [2.75, 3.05) is 19.6 Å². The maximum atomic E-state index is 12.5. The molecule has 23 heavy (non-hydrogen) atoms. The summed E-state index contributed by atoms with van der Waals surface area (Å²) in [6.45, 7) is 1.49. The number of aromatic nitrogens is 1. The average molecular weight is 317 g/mol. The van der Waals surface area contributed by atoms with Crippen LogP contribution >= 0.6 is 0 Å². The zero-order chi connectivity index (χ0) is 16.4. The maximum Gasteiger partial charge on any atom is 0.308 e. The highest BCUT2D eigenvalue weighted by atomic mass is 16.4. The largest absolute Gasteiger partial charge is 0.481 e. The zero-order valence-corrected chi connectivity index (χ0v) is 12.7. The van der Waals surface area contributed by atoms with Gasteiger partial charge in [0.1, 0.15) is 0 Å². The highest BCUT2D eigenvalue weighted by Crippen LogP contribution is 2.25. The van der Waals surface area contributed by atoms with Crippen molar-refractivity contribution in [2.45, 2.75) is 19.4 Å². The normalized spacial score (nSPS) is 24.3. The van der Waals surface area contributed by atoms with Gasteiger partial charge in [0.2, 0.25) is 11.8 Å². The molecule has 0 aliphatic carbocycles. The summed E-state index contributed by atoms with van der Waals surface area (Å²) in [6.07, 6.45) is 2.36. The third-order valence-electron chi connectivity index (χ3n) is 4.49. The predicted octanol–water partition coefficient (Wildman–Crippen LogP) is 0.363. The summed E-state index contributed by atoms with van der Waals surface area (Å²) in [5, 5.41) is 9.02. The predicted molar refractivity (Wildman–Crippen MR) is 80.1 cm³/mol. The highest BCUT2D eigenvalue weighted by molar-refractivity contribution is 5.89. The number of amides is 2. The van der Waals surface area contributed by atoms with Gasteiger partial charge in [-0.05, 0) is 18.6 Å². The lowest BCUT2D eigenvalue weighted by Crippen LogP contribution is -2.36. The van der Waals surface area contributed by atoms with Crippen LogP contribution in [0.15, 0.2) is 24.4 Å². The van der Waals surface area contributed by atoms with E-state index < -0.39 is 11.9 Å². The lowest BCUT2D eigenvalue weighted by Gasteiger charge is -2.20. The lowest BCUT2D eigenvalue weighted by atomic mass is 10.1. The molecule has 3 rings (SSSR count). The van der Waals surface area contributed by atoms with Crippen molar-refractivity contribution < 1.29 is 19.5 Å². The first-order chi connectivity index (χ1) is 11.0. The molecule has 7 heteroatoms. The van der Waals surface area contributed by atoms with Crippen molar-refractivity contribution in [3.05, 3.63) is 30.1 Å². The van der Waals surface area contributed by atoms with Gasteiger partial charge in [0.15, 0.2) is 0 Å². The van der Waals surface area contributed by atoms with Crippen molar-refractivity contribution in [3.8, 4) is 0 Å². The van der Waals surface area contributed by atoms with Crippen LogP contribution in [-0.4, -0.2) is 57.3 Å². The molecule has 2 aliphatic heterocycles. The zero-order valence-electron chi connectivity index (χ0n) is 12.7. The first-order valence-corrected chi connectivity index (χ1v) is 7.74. The summed E-state index contributed by atoms with van der Waals surface area (Å²) < 4.78 is 0. The Morgan fingerprint density at radius 2 is 2.09 bits per heavy atom. The van der Waals surface area contributed by atoms with Crippen LogP contribution in [0.2, 0.25) is 0 Å². The highest BCUT2D eigenvalue weighted by Gasteiger charge is 2.39. The van der Waals surface area contributed by atoms with E-state index in [2.05, 4.69) is 4.98 Å². The number of likely N-dealkylation sites (tertiary alicyclic amines) is 2. The number of carboxylic acid groups (broad SMARTS) is 1. The molecule has 2 atom stereocenters. The van der Waals surface area contributed by atoms with Crippen LogP contribution in [0.1, 0.15) is 18.5 Å². The van der Waals surface area contributed by atoms with Crippen LogP contribution in [0.4, 0.5) is 0 Å². The number of pyridine rings is 1. The number of carboxylic acids is 1. The van der Waals surface area contributed by atoms with Gasteiger partial charge in [-0.15, -0.1) is 0 Å². The smallest absolute Gasteiger partial charge is 0.308 e.